The van der Waals surface area contributed by atoms with Crippen LogP contribution >= 0.6 is 11.6 Å². The van der Waals surface area contributed by atoms with Crippen molar-refractivity contribution < 1.29 is 14.3 Å². The Balaban J connectivity index is 1.45. The van der Waals surface area contributed by atoms with Gasteiger partial charge in [0.2, 0.25) is 11.5 Å². The van der Waals surface area contributed by atoms with Crippen molar-refractivity contribution >= 4 is 23.4 Å². The molecule has 7 nitrogen and oxygen atoms in total. The molecular weight excluding hydrogens is 370 g/mol. The molecule has 1 fully saturated rings. The second kappa shape index (κ2) is 8.73. The molecule has 1 aromatic carbocycles. The lowest BCUT2D eigenvalue weighted by atomic mass is 10.2. The zero-order valence-electron chi connectivity index (χ0n) is 14.7. The van der Waals surface area contributed by atoms with Gasteiger partial charge in [0.15, 0.2) is 0 Å². The van der Waals surface area contributed by atoms with Crippen LogP contribution in [0.1, 0.15) is 16.8 Å². The first-order valence-corrected chi connectivity index (χ1v) is 9.05. The van der Waals surface area contributed by atoms with E-state index in [4.69, 9.17) is 16.3 Å². The van der Waals surface area contributed by atoms with Crippen molar-refractivity contribution in [1.82, 2.24) is 14.8 Å². The van der Waals surface area contributed by atoms with E-state index in [0.29, 0.717) is 42.5 Å². The van der Waals surface area contributed by atoms with E-state index in [2.05, 4.69) is 4.98 Å². The minimum Gasteiger partial charge on any atom is -0.491 e. The molecule has 1 saturated heterocycles. The van der Waals surface area contributed by atoms with Gasteiger partial charge in [0.05, 0.1) is 23.6 Å². The van der Waals surface area contributed by atoms with E-state index in [0.717, 1.165) is 0 Å². The summed E-state index contributed by atoms with van der Waals surface area (Å²) in [6.07, 6.45) is 1.66. The Labute approximate surface area is 161 Å². The quantitative estimate of drug-likeness (QED) is 0.845. The molecule has 0 atom stereocenters. The number of H-pyrrole nitrogens is 1. The predicted octanol–water partition coefficient (Wildman–Crippen LogP) is 1.78. The van der Waals surface area contributed by atoms with Crippen LogP contribution in [0, 0.1) is 0 Å². The van der Waals surface area contributed by atoms with Crippen LogP contribution in [0.3, 0.4) is 0 Å². The van der Waals surface area contributed by atoms with E-state index in [1.54, 1.807) is 21.9 Å². The van der Waals surface area contributed by atoms with E-state index < -0.39 is 0 Å². The summed E-state index contributed by atoms with van der Waals surface area (Å²) in [4.78, 5) is 41.7. The Morgan fingerprint density at radius 3 is 2.41 bits per heavy atom. The van der Waals surface area contributed by atoms with Crippen molar-refractivity contribution in [2.24, 2.45) is 0 Å². The van der Waals surface area contributed by atoms with Crippen molar-refractivity contribution in [2.75, 3.05) is 32.8 Å². The van der Waals surface area contributed by atoms with E-state index in [1.165, 1.54) is 18.3 Å². The van der Waals surface area contributed by atoms with Crippen LogP contribution in [0.4, 0.5) is 0 Å². The van der Waals surface area contributed by atoms with Crippen LogP contribution in [-0.2, 0) is 4.79 Å². The first-order valence-electron chi connectivity index (χ1n) is 8.68. The second-order valence-corrected chi connectivity index (χ2v) is 6.55. The number of ether oxygens (including phenoxy) is 1. The summed E-state index contributed by atoms with van der Waals surface area (Å²) in [7, 11) is 0. The summed E-state index contributed by atoms with van der Waals surface area (Å²) in [6.45, 7) is 2.10. The normalized spacial score (nSPS) is 14.1. The number of nitrogens with one attached hydrogen (secondary N) is 1. The summed E-state index contributed by atoms with van der Waals surface area (Å²) in [5.74, 6) is 0.391. The Bertz CT molecular complexity index is 855. The molecule has 2 heterocycles. The van der Waals surface area contributed by atoms with Crippen LogP contribution < -0.4 is 10.3 Å². The summed E-state index contributed by atoms with van der Waals surface area (Å²) >= 11 is 6.02. The zero-order chi connectivity index (χ0) is 19.2. The van der Waals surface area contributed by atoms with Crippen LogP contribution in [0.15, 0.2) is 47.4 Å². The molecule has 3 rings (SSSR count). The number of para-hydroxylation sites is 1. The second-order valence-electron chi connectivity index (χ2n) is 6.14. The van der Waals surface area contributed by atoms with Gasteiger partial charge >= 0.3 is 0 Å². The molecule has 8 heteroatoms. The lowest BCUT2D eigenvalue weighted by Gasteiger charge is -2.34. The minimum absolute atomic E-state index is 0.0156. The molecule has 0 radical (unpaired) electrons. The van der Waals surface area contributed by atoms with Crippen LogP contribution in [0.2, 0.25) is 5.02 Å². The monoisotopic (exact) mass is 389 g/mol. The maximum atomic E-state index is 12.4. The summed E-state index contributed by atoms with van der Waals surface area (Å²) in [5.41, 5.74) is 0.184. The van der Waals surface area contributed by atoms with Crippen molar-refractivity contribution in [2.45, 2.75) is 6.42 Å². The van der Waals surface area contributed by atoms with Gasteiger partial charge in [-0.15, -0.1) is 0 Å². The van der Waals surface area contributed by atoms with Gasteiger partial charge in [-0.05, 0) is 18.2 Å². The highest BCUT2D eigenvalue weighted by Crippen LogP contribution is 2.23. The molecule has 0 aliphatic carbocycles. The number of aromatic amines is 1. The third kappa shape index (κ3) is 4.89. The summed E-state index contributed by atoms with van der Waals surface area (Å²) in [5, 5.41) is 0.513. The van der Waals surface area contributed by atoms with E-state index >= 15 is 0 Å². The van der Waals surface area contributed by atoms with Gasteiger partial charge in [0, 0.05) is 38.4 Å². The number of halogens is 1. The molecule has 2 amide bonds. The zero-order valence-corrected chi connectivity index (χ0v) is 15.4. The number of rotatable bonds is 5. The van der Waals surface area contributed by atoms with Gasteiger partial charge in [-0.1, -0.05) is 23.7 Å². The Morgan fingerprint density at radius 2 is 1.74 bits per heavy atom. The number of nitrogens with zero attached hydrogens (tertiary/aromatic N) is 2. The number of hydrogen-bond acceptors (Lipinski definition) is 4. The average molecular weight is 390 g/mol. The highest BCUT2D eigenvalue weighted by Gasteiger charge is 2.24. The molecule has 1 aromatic heterocycles. The average Bonchev–Trinajstić information content (AvgIpc) is 2.69. The highest BCUT2D eigenvalue weighted by atomic mass is 35.5. The van der Waals surface area contributed by atoms with Gasteiger partial charge in [0.1, 0.15) is 5.75 Å². The van der Waals surface area contributed by atoms with Crippen LogP contribution in [0.5, 0.6) is 5.75 Å². The van der Waals surface area contributed by atoms with Gasteiger partial charge in [0.25, 0.3) is 5.91 Å². The number of carbonyl (C=O) groups is 2. The Kier molecular flexibility index (Phi) is 6.13. The standard InChI is InChI=1S/C19H20ClN3O4/c20-15-3-1-2-4-16(15)27-12-7-18(25)22-8-10-23(11-9-22)19(26)14-5-6-17(24)21-13-14/h1-6,13H,7-12H2,(H,21,24). The fraction of sp³-hybridized carbons (Fsp3) is 0.316. The number of hydrogen-bond donors (Lipinski definition) is 1. The maximum absolute atomic E-state index is 12.4. The van der Waals surface area contributed by atoms with Crippen molar-refractivity contribution in [3.63, 3.8) is 0 Å². The summed E-state index contributed by atoms with van der Waals surface area (Å²) < 4.78 is 5.55. The van der Waals surface area contributed by atoms with Crippen molar-refractivity contribution in [3.05, 3.63) is 63.5 Å². The van der Waals surface area contributed by atoms with Crippen LogP contribution in [-0.4, -0.2) is 59.4 Å². The molecule has 0 unspecified atom stereocenters. The maximum Gasteiger partial charge on any atom is 0.255 e. The molecule has 0 bridgehead atoms. The SMILES string of the molecule is O=C(CCOc1ccccc1Cl)N1CCN(C(=O)c2ccc(=O)[nH]c2)CC1. The third-order valence-electron chi connectivity index (χ3n) is 4.36. The van der Waals surface area contributed by atoms with Gasteiger partial charge in [-0.2, -0.15) is 0 Å². The number of carbonyl (C=O) groups excluding carboxylic acids is 2. The lowest BCUT2D eigenvalue weighted by molar-refractivity contribution is -0.133. The molecule has 27 heavy (non-hydrogen) atoms. The Morgan fingerprint density at radius 1 is 1.04 bits per heavy atom. The molecular formula is C19H20ClN3O4. The number of benzene rings is 1. The lowest BCUT2D eigenvalue weighted by Crippen LogP contribution is -2.50. The van der Waals surface area contributed by atoms with Gasteiger partial charge in [-0.25, -0.2) is 0 Å². The summed E-state index contributed by atoms with van der Waals surface area (Å²) in [6, 6.07) is 9.96. The molecule has 0 saturated carbocycles. The molecule has 2 aromatic rings. The number of aromatic nitrogens is 1. The third-order valence-corrected chi connectivity index (χ3v) is 4.67. The van der Waals surface area contributed by atoms with Gasteiger partial charge in [-0.3, -0.25) is 14.4 Å². The van der Waals surface area contributed by atoms with Gasteiger partial charge < -0.3 is 19.5 Å². The number of amides is 2. The minimum atomic E-state index is -0.249. The molecule has 0 spiro atoms. The molecule has 1 aliphatic rings. The van der Waals surface area contributed by atoms with Crippen molar-refractivity contribution in [3.8, 4) is 5.75 Å². The predicted molar refractivity (Wildman–Crippen MR) is 101 cm³/mol. The first kappa shape index (κ1) is 19.0. The van der Waals surface area contributed by atoms with Crippen molar-refractivity contribution in [1.29, 1.82) is 0 Å². The largest absolute Gasteiger partial charge is 0.491 e. The van der Waals surface area contributed by atoms with E-state index in [9.17, 15) is 14.4 Å². The number of pyridine rings is 1. The topological polar surface area (TPSA) is 82.7 Å². The van der Waals surface area contributed by atoms with E-state index in [-0.39, 0.29) is 30.4 Å². The molecule has 1 N–H and O–H groups in total. The fourth-order valence-corrected chi connectivity index (χ4v) is 3.04. The van der Waals surface area contributed by atoms with Crippen LogP contribution in [0.25, 0.3) is 0 Å². The van der Waals surface area contributed by atoms with E-state index in [1.807, 2.05) is 12.1 Å². The molecule has 1 aliphatic heterocycles. The molecule has 142 valence electrons. The Hall–Kier alpha value is -2.80. The fourth-order valence-electron chi connectivity index (χ4n) is 2.85. The smallest absolute Gasteiger partial charge is 0.255 e. The number of piperazine rings is 1. The highest BCUT2D eigenvalue weighted by molar-refractivity contribution is 6.32. The first-order chi connectivity index (χ1) is 13.0.